The highest BCUT2D eigenvalue weighted by Gasteiger charge is 2.27. The third-order valence-corrected chi connectivity index (χ3v) is 15.7. The highest BCUT2D eigenvalue weighted by molar-refractivity contribution is 7.47. The summed E-state index contributed by atoms with van der Waals surface area (Å²) < 4.78 is 34.6. The molecule has 0 aliphatic rings. The molecule has 0 aliphatic carbocycles. The SMILES string of the molecule is CCCCCC/C=C\C/C=C\CCCCCCCC(=O)OC(COC(=O)CCCCCCCCCCCCCCCCCCCCCCCCCCCCCCCCCCCCC)COP(=O)(O)OCC[N+](C)(C)C. The number of ether oxygens (including phenoxy) is 2. The molecule has 0 saturated heterocycles. The first-order valence-electron chi connectivity index (χ1n) is 32.6. The molecule has 0 aromatic rings. The third kappa shape index (κ3) is 61.6. The van der Waals surface area contributed by atoms with Gasteiger partial charge in [0.1, 0.15) is 19.8 Å². The van der Waals surface area contributed by atoms with E-state index in [2.05, 4.69) is 38.2 Å². The number of rotatable bonds is 61. The van der Waals surface area contributed by atoms with Gasteiger partial charge in [-0.1, -0.05) is 295 Å². The minimum Gasteiger partial charge on any atom is -0.462 e. The van der Waals surface area contributed by atoms with Crippen LogP contribution in [0.5, 0.6) is 0 Å². The van der Waals surface area contributed by atoms with Gasteiger partial charge < -0.3 is 18.9 Å². The summed E-state index contributed by atoms with van der Waals surface area (Å²) in [4.78, 5) is 35.7. The van der Waals surface area contributed by atoms with Gasteiger partial charge in [0.15, 0.2) is 6.10 Å². The lowest BCUT2D eigenvalue weighted by molar-refractivity contribution is -0.870. The fourth-order valence-electron chi connectivity index (χ4n) is 9.70. The van der Waals surface area contributed by atoms with Gasteiger partial charge in [0.25, 0.3) is 0 Å². The maximum atomic E-state index is 12.8. The predicted molar refractivity (Wildman–Crippen MR) is 321 cm³/mol. The van der Waals surface area contributed by atoms with Gasteiger partial charge in [0.2, 0.25) is 0 Å². The molecular weight excluding hydrogens is 954 g/mol. The van der Waals surface area contributed by atoms with Crippen molar-refractivity contribution in [3.8, 4) is 0 Å². The number of phosphoric acid groups is 1. The molecule has 9 nitrogen and oxygen atoms in total. The molecule has 444 valence electrons. The Kier molecular flexibility index (Phi) is 56.0. The van der Waals surface area contributed by atoms with Crippen molar-refractivity contribution >= 4 is 19.8 Å². The van der Waals surface area contributed by atoms with E-state index in [9.17, 15) is 19.0 Å². The van der Waals surface area contributed by atoms with Crippen LogP contribution in [0.2, 0.25) is 0 Å². The summed E-state index contributed by atoms with van der Waals surface area (Å²) in [6.45, 7) is 4.45. The van der Waals surface area contributed by atoms with Crippen molar-refractivity contribution < 1.29 is 42.1 Å². The first-order chi connectivity index (χ1) is 36.5. The Morgan fingerprint density at radius 1 is 0.413 bits per heavy atom. The Hall–Kier alpha value is -1.51. The van der Waals surface area contributed by atoms with Gasteiger partial charge >= 0.3 is 19.8 Å². The second kappa shape index (κ2) is 57.2. The summed E-state index contributed by atoms with van der Waals surface area (Å²) in [7, 11) is 1.48. The van der Waals surface area contributed by atoms with Gasteiger partial charge in [-0.3, -0.25) is 18.6 Å². The van der Waals surface area contributed by atoms with Crippen molar-refractivity contribution in [3.05, 3.63) is 24.3 Å². The lowest BCUT2D eigenvalue weighted by Gasteiger charge is -2.24. The van der Waals surface area contributed by atoms with Crippen molar-refractivity contribution in [2.75, 3.05) is 47.5 Å². The number of hydrogen-bond donors (Lipinski definition) is 1. The third-order valence-electron chi connectivity index (χ3n) is 14.7. The number of likely N-dealkylation sites (N-methyl/N-ethyl adjacent to an activating group) is 1. The Bertz CT molecular complexity index is 1320. The molecule has 0 rings (SSSR count). The molecular formula is C65H127NO8P+. The monoisotopic (exact) mass is 1080 g/mol. The van der Waals surface area contributed by atoms with Crippen LogP contribution >= 0.6 is 7.82 Å². The lowest BCUT2D eigenvalue weighted by atomic mass is 10.0. The van der Waals surface area contributed by atoms with Crippen LogP contribution in [0, 0.1) is 0 Å². The quantitative estimate of drug-likeness (QED) is 0.0211. The molecule has 10 heteroatoms. The molecule has 0 amide bonds. The zero-order chi connectivity index (χ0) is 54.9. The van der Waals surface area contributed by atoms with E-state index < -0.39 is 26.5 Å². The van der Waals surface area contributed by atoms with Crippen molar-refractivity contribution in [1.82, 2.24) is 0 Å². The van der Waals surface area contributed by atoms with Crippen molar-refractivity contribution in [2.24, 2.45) is 0 Å². The van der Waals surface area contributed by atoms with E-state index in [1.54, 1.807) is 0 Å². The summed E-state index contributed by atoms with van der Waals surface area (Å²) in [5, 5.41) is 0. The van der Waals surface area contributed by atoms with Crippen LogP contribution in [-0.4, -0.2) is 74.9 Å². The van der Waals surface area contributed by atoms with Crippen LogP contribution in [0.15, 0.2) is 24.3 Å². The molecule has 0 heterocycles. The summed E-state index contributed by atoms with van der Waals surface area (Å²) in [6.07, 6.45) is 70.1. The lowest BCUT2D eigenvalue weighted by Crippen LogP contribution is -2.37. The van der Waals surface area contributed by atoms with Gasteiger partial charge in [-0.15, -0.1) is 0 Å². The topological polar surface area (TPSA) is 108 Å². The standard InChI is InChI=1S/C65H126NO8P/c1-6-8-10-12-14-16-18-20-22-24-25-26-27-28-29-30-31-32-33-34-35-36-37-38-39-40-41-42-44-45-47-49-51-53-55-57-64(67)71-61-63(62-73-75(69,70)72-60-59-66(3,4)5)74-65(68)58-56-54-52-50-48-46-43-23-21-19-17-15-13-11-9-7-2/h17,19,23,43,63H,6-16,18,20-22,24-42,44-62H2,1-5H3/p+1/b19-17-,43-23-. The van der Waals surface area contributed by atoms with E-state index in [1.165, 1.54) is 238 Å². The van der Waals surface area contributed by atoms with Crippen LogP contribution in [-0.2, 0) is 32.7 Å². The second-order valence-electron chi connectivity index (χ2n) is 23.5. The van der Waals surface area contributed by atoms with E-state index in [-0.39, 0.29) is 25.6 Å². The Morgan fingerprint density at radius 3 is 1.07 bits per heavy atom. The number of nitrogens with zero attached hydrogens (tertiary/aromatic N) is 1. The zero-order valence-corrected chi connectivity index (χ0v) is 51.5. The van der Waals surface area contributed by atoms with Gasteiger partial charge in [-0.25, -0.2) is 4.57 Å². The number of hydrogen-bond acceptors (Lipinski definition) is 7. The largest absolute Gasteiger partial charge is 0.472 e. The van der Waals surface area contributed by atoms with E-state index in [4.69, 9.17) is 18.5 Å². The van der Waals surface area contributed by atoms with Crippen LogP contribution in [0.4, 0.5) is 0 Å². The number of quaternary nitrogens is 1. The van der Waals surface area contributed by atoms with Gasteiger partial charge in [-0.05, 0) is 44.9 Å². The highest BCUT2D eigenvalue weighted by atomic mass is 31.2. The average molecular weight is 1080 g/mol. The molecule has 0 bridgehead atoms. The highest BCUT2D eigenvalue weighted by Crippen LogP contribution is 2.43. The molecule has 0 aromatic heterocycles. The molecule has 75 heavy (non-hydrogen) atoms. The molecule has 0 radical (unpaired) electrons. The molecule has 2 unspecified atom stereocenters. The first-order valence-corrected chi connectivity index (χ1v) is 34.1. The van der Waals surface area contributed by atoms with Crippen LogP contribution in [0.3, 0.4) is 0 Å². The Labute approximate surface area is 466 Å². The average Bonchev–Trinajstić information content (AvgIpc) is 3.37. The molecule has 0 fully saturated rings. The zero-order valence-electron chi connectivity index (χ0n) is 50.6. The summed E-state index contributed by atoms with van der Waals surface area (Å²) in [5.74, 6) is -0.797. The second-order valence-corrected chi connectivity index (χ2v) is 25.0. The van der Waals surface area contributed by atoms with Crippen LogP contribution in [0.25, 0.3) is 0 Å². The smallest absolute Gasteiger partial charge is 0.462 e. The maximum Gasteiger partial charge on any atom is 0.472 e. The van der Waals surface area contributed by atoms with E-state index in [0.717, 1.165) is 57.8 Å². The minimum absolute atomic E-state index is 0.0311. The van der Waals surface area contributed by atoms with Gasteiger partial charge in [-0.2, -0.15) is 0 Å². The first kappa shape index (κ1) is 73.5. The molecule has 0 aliphatic heterocycles. The normalized spacial score (nSPS) is 13.3. The fraction of sp³-hybridized carbons (Fsp3) is 0.908. The van der Waals surface area contributed by atoms with Crippen molar-refractivity contribution in [3.63, 3.8) is 0 Å². The van der Waals surface area contributed by atoms with Crippen molar-refractivity contribution in [1.29, 1.82) is 0 Å². The molecule has 0 aromatic carbocycles. The number of esters is 2. The number of phosphoric ester groups is 1. The fourth-order valence-corrected chi connectivity index (χ4v) is 10.4. The number of allylic oxidation sites excluding steroid dienone is 4. The van der Waals surface area contributed by atoms with E-state index in [0.29, 0.717) is 23.9 Å². The maximum absolute atomic E-state index is 12.8. The minimum atomic E-state index is -4.39. The van der Waals surface area contributed by atoms with Gasteiger partial charge in [0, 0.05) is 12.8 Å². The number of unbranched alkanes of at least 4 members (excludes halogenated alkanes) is 43. The summed E-state index contributed by atoms with van der Waals surface area (Å²) >= 11 is 0. The summed E-state index contributed by atoms with van der Waals surface area (Å²) in [6, 6.07) is 0. The van der Waals surface area contributed by atoms with Crippen LogP contribution < -0.4 is 0 Å². The van der Waals surface area contributed by atoms with E-state index >= 15 is 0 Å². The van der Waals surface area contributed by atoms with Crippen molar-refractivity contribution in [2.45, 2.75) is 335 Å². The number of carbonyl (C=O) groups is 2. The predicted octanol–water partition coefficient (Wildman–Crippen LogP) is 20.5. The Balaban J connectivity index is 3.92. The molecule has 1 N–H and O–H groups in total. The molecule has 2 atom stereocenters. The molecule has 0 spiro atoms. The number of carbonyl (C=O) groups excluding carboxylic acids is 2. The van der Waals surface area contributed by atoms with Crippen LogP contribution in [0.1, 0.15) is 328 Å². The molecule has 0 saturated carbocycles. The Morgan fingerprint density at radius 2 is 0.720 bits per heavy atom. The summed E-state index contributed by atoms with van der Waals surface area (Å²) in [5.41, 5.74) is 0. The van der Waals surface area contributed by atoms with Gasteiger partial charge in [0.05, 0.1) is 27.7 Å². The van der Waals surface area contributed by atoms with E-state index in [1.807, 2.05) is 21.1 Å².